The number of aliphatic hydroxyl groups is 1. The van der Waals surface area contributed by atoms with Crippen LogP contribution in [0.2, 0.25) is 0 Å². The van der Waals surface area contributed by atoms with Gasteiger partial charge in [0.15, 0.2) is 0 Å². The Kier molecular flexibility index (Phi) is 4.05. The molecule has 0 atom stereocenters. The first-order chi connectivity index (χ1) is 7.06. The standard InChI is InChI=1S/C9H14N2O3S/c1-6-7(2)15-9(14)11(6)5-8(13)10-3-4-12/h12H,3-5H2,1-2H3,(H,10,13). The minimum atomic E-state index is -0.257. The molecule has 1 aromatic rings. The van der Waals surface area contributed by atoms with Gasteiger partial charge in [0.25, 0.3) is 0 Å². The van der Waals surface area contributed by atoms with Crippen LogP contribution in [0.4, 0.5) is 0 Å². The molecule has 0 fully saturated rings. The number of aromatic nitrogens is 1. The second-order valence-corrected chi connectivity index (χ2v) is 4.34. The highest BCUT2D eigenvalue weighted by molar-refractivity contribution is 7.09. The number of carbonyl (C=O) groups is 1. The largest absolute Gasteiger partial charge is 0.395 e. The van der Waals surface area contributed by atoms with Crippen molar-refractivity contribution in [2.45, 2.75) is 20.4 Å². The molecule has 0 aliphatic rings. The Morgan fingerprint density at radius 1 is 1.53 bits per heavy atom. The lowest BCUT2D eigenvalue weighted by atomic mass is 10.4. The van der Waals surface area contributed by atoms with Crippen molar-refractivity contribution in [3.8, 4) is 0 Å². The number of thiazole rings is 1. The van der Waals surface area contributed by atoms with E-state index in [0.717, 1.165) is 21.9 Å². The van der Waals surface area contributed by atoms with Gasteiger partial charge < -0.3 is 10.4 Å². The van der Waals surface area contributed by atoms with Gasteiger partial charge in [-0.05, 0) is 13.8 Å². The lowest BCUT2D eigenvalue weighted by Gasteiger charge is -2.05. The zero-order valence-corrected chi connectivity index (χ0v) is 9.56. The van der Waals surface area contributed by atoms with Crippen LogP contribution in [0, 0.1) is 13.8 Å². The minimum absolute atomic E-state index is 0.0228. The highest BCUT2D eigenvalue weighted by atomic mass is 32.1. The van der Waals surface area contributed by atoms with Crippen molar-refractivity contribution >= 4 is 17.2 Å². The molecule has 6 heteroatoms. The first-order valence-corrected chi connectivity index (χ1v) is 5.42. The van der Waals surface area contributed by atoms with E-state index in [0.29, 0.717) is 0 Å². The highest BCUT2D eigenvalue weighted by Gasteiger charge is 2.10. The zero-order chi connectivity index (χ0) is 11.4. The molecule has 1 amide bonds. The van der Waals surface area contributed by atoms with Gasteiger partial charge in [-0.3, -0.25) is 14.2 Å². The van der Waals surface area contributed by atoms with Gasteiger partial charge in [0.05, 0.1) is 6.61 Å². The Balaban J connectivity index is 2.72. The molecule has 0 unspecified atom stereocenters. The van der Waals surface area contributed by atoms with Crippen LogP contribution >= 0.6 is 11.3 Å². The topological polar surface area (TPSA) is 71.3 Å². The molecule has 2 N–H and O–H groups in total. The van der Waals surface area contributed by atoms with Gasteiger partial charge in [-0.1, -0.05) is 11.3 Å². The van der Waals surface area contributed by atoms with Crippen LogP contribution < -0.4 is 10.2 Å². The molecule has 0 saturated carbocycles. The van der Waals surface area contributed by atoms with E-state index >= 15 is 0 Å². The number of amides is 1. The summed E-state index contributed by atoms with van der Waals surface area (Å²) >= 11 is 1.14. The van der Waals surface area contributed by atoms with Gasteiger partial charge in [0.2, 0.25) is 5.91 Å². The number of nitrogens with zero attached hydrogens (tertiary/aromatic N) is 1. The van der Waals surface area contributed by atoms with Gasteiger partial charge in [-0.2, -0.15) is 0 Å². The van der Waals surface area contributed by atoms with E-state index in [2.05, 4.69) is 5.32 Å². The van der Waals surface area contributed by atoms with E-state index < -0.39 is 0 Å². The van der Waals surface area contributed by atoms with Crippen molar-refractivity contribution < 1.29 is 9.90 Å². The van der Waals surface area contributed by atoms with Crippen molar-refractivity contribution in [1.29, 1.82) is 0 Å². The Hall–Kier alpha value is -1.14. The smallest absolute Gasteiger partial charge is 0.308 e. The maximum Gasteiger partial charge on any atom is 0.308 e. The maximum atomic E-state index is 11.4. The van der Waals surface area contributed by atoms with Gasteiger partial charge in [0, 0.05) is 17.1 Å². The van der Waals surface area contributed by atoms with Crippen LogP contribution in [0.15, 0.2) is 4.79 Å². The molecular formula is C9H14N2O3S. The average Bonchev–Trinajstić information content (AvgIpc) is 2.42. The number of carbonyl (C=O) groups excluding carboxylic acids is 1. The summed E-state index contributed by atoms with van der Waals surface area (Å²) in [6.07, 6.45) is 0. The summed E-state index contributed by atoms with van der Waals surface area (Å²) in [6.45, 7) is 3.81. The predicted molar refractivity (Wildman–Crippen MR) is 58.1 cm³/mol. The number of hydrogen-bond donors (Lipinski definition) is 2. The molecule has 5 nitrogen and oxygen atoms in total. The predicted octanol–water partition coefficient (Wildman–Crippen LogP) is -0.365. The fourth-order valence-corrected chi connectivity index (χ4v) is 2.00. The summed E-state index contributed by atoms with van der Waals surface area (Å²) in [6, 6.07) is 0. The van der Waals surface area contributed by atoms with Gasteiger partial charge >= 0.3 is 4.87 Å². The number of aliphatic hydroxyl groups excluding tert-OH is 1. The van der Waals surface area contributed by atoms with Crippen molar-refractivity contribution in [1.82, 2.24) is 9.88 Å². The number of hydrogen-bond acceptors (Lipinski definition) is 4. The molecule has 0 aliphatic carbocycles. The van der Waals surface area contributed by atoms with Gasteiger partial charge in [0.1, 0.15) is 6.54 Å². The summed E-state index contributed by atoms with van der Waals surface area (Å²) in [5, 5.41) is 11.0. The number of rotatable bonds is 4. The van der Waals surface area contributed by atoms with Crippen LogP contribution in [-0.4, -0.2) is 28.7 Å². The monoisotopic (exact) mass is 230 g/mol. The molecule has 0 aromatic carbocycles. The molecule has 0 spiro atoms. The molecule has 1 aromatic heterocycles. The number of nitrogens with one attached hydrogen (secondary N) is 1. The van der Waals surface area contributed by atoms with E-state index in [9.17, 15) is 9.59 Å². The molecule has 0 aliphatic heterocycles. The fourth-order valence-electron chi connectivity index (χ4n) is 1.16. The van der Waals surface area contributed by atoms with Gasteiger partial charge in [-0.25, -0.2) is 0 Å². The second-order valence-electron chi connectivity index (χ2n) is 3.17. The van der Waals surface area contributed by atoms with Gasteiger partial charge in [-0.15, -0.1) is 0 Å². The summed E-state index contributed by atoms with van der Waals surface area (Å²) in [7, 11) is 0. The van der Waals surface area contributed by atoms with E-state index in [1.165, 1.54) is 4.57 Å². The molecular weight excluding hydrogens is 216 g/mol. The Bertz CT molecular complexity index is 408. The first kappa shape index (κ1) is 11.9. The Labute approximate surface area is 91.4 Å². The van der Waals surface area contributed by atoms with Crippen LogP contribution in [-0.2, 0) is 11.3 Å². The van der Waals surface area contributed by atoms with Crippen LogP contribution in [0.25, 0.3) is 0 Å². The third-order valence-electron chi connectivity index (χ3n) is 2.11. The van der Waals surface area contributed by atoms with E-state index in [1.807, 2.05) is 13.8 Å². The maximum absolute atomic E-state index is 11.4. The molecule has 1 heterocycles. The molecule has 0 radical (unpaired) electrons. The van der Waals surface area contributed by atoms with Crippen molar-refractivity contribution in [2.75, 3.05) is 13.2 Å². The minimum Gasteiger partial charge on any atom is -0.395 e. The summed E-state index contributed by atoms with van der Waals surface area (Å²) in [5.41, 5.74) is 0.823. The Morgan fingerprint density at radius 2 is 2.20 bits per heavy atom. The van der Waals surface area contributed by atoms with Crippen LogP contribution in [0.1, 0.15) is 10.6 Å². The molecule has 15 heavy (non-hydrogen) atoms. The molecule has 0 bridgehead atoms. The highest BCUT2D eigenvalue weighted by Crippen LogP contribution is 2.08. The summed E-state index contributed by atoms with van der Waals surface area (Å²) < 4.78 is 1.44. The van der Waals surface area contributed by atoms with Crippen molar-refractivity contribution in [3.05, 3.63) is 20.2 Å². The van der Waals surface area contributed by atoms with E-state index in [-0.39, 0.29) is 30.5 Å². The Morgan fingerprint density at radius 3 is 2.67 bits per heavy atom. The van der Waals surface area contributed by atoms with Crippen molar-refractivity contribution in [3.63, 3.8) is 0 Å². The third-order valence-corrected chi connectivity index (χ3v) is 3.11. The molecule has 84 valence electrons. The summed E-state index contributed by atoms with van der Waals surface area (Å²) in [5.74, 6) is -0.257. The average molecular weight is 230 g/mol. The SMILES string of the molecule is Cc1sc(=O)n(CC(=O)NCCO)c1C. The summed E-state index contributed by atoms with van der Waals surface area (Å²) in [4.78, 5) is 23.5. The third kappa shape index (κ3) is 2.90. The lowest BCUT2D eigenvalue weighted by molar-refractivity contribution is -0.121. The molecule has 1 rings (SSSR count). The second kappa shape index (κ2) is 5.09. The quantitative estimate of drug-likeness (QED) is 0.741. The lowest BCUT2D eigenvalue weighted by Crippen LogP contribution is -2.32. The van der Waals surface area contributed by atoms with Crippen LogP contribution in [0.3, 0.4) is 0 Å². The normalized spacial score (nSPS) is 10.3. The number of aryl methyl sites for hydroxylation is 1. The molecule has 0 saturated heterocycles. The fraction of sp³-hybridized carbons (Fsp3) is 0.556. The zero-order valence-electron chi connectivity index (χ0n) is 8.74. The van der Waals surface area contributed by atoms with Crippen molar-refractivity contribution in [2.24, 2.45) is 0 Å². The first-order valence-electron chi connectivity index (χ1n) is 4.60. The van der Waals surface area contributed by atoms with E-state index in [4.69, 9.17) is 5.11 Å². The van der Waals surface area contributed by atoms with Crippen LogP contribution in [0.5, 0.6) is 0 Å². The van der Waals surface area contributed by atoms with E-state index in [1.54, 1.807) is 0 Å².